The van der Waals surface area contributed by atoms with E-state index in [1.54, 1.807) is 6.07 Å². The van der Waals surface area contributed by atoms with Gasteiger partial charge in [0.15, 0.2) is 0 Å². The molecule has 26 heavy (non-hydrogen) atoms. The second-order valence-electron chi connectivity index (χ2n) is 5.44. The first-order valence-electron chi connectivity index (χ1n) is 7.86. The van der Waals surface area contributed by atoms with Gasteiger partial charge in [0.05, 0.1) is 21.7 Å². The lowest BCUT2D eigenvalue weighted by Gasteiger charge is -2.23. The van der Waals surface area contributed by atoms with E-state index in [1.165, 1.54) is 25.0 Å². The van der Waals surface area contributed by atoms with Crippen molar-refractivity contribution in [3.63, 3.8) is 0 Å². The number of anilines is 1. The second-order valence-corrected chi connectivity index (χ2v) is 6.29. The summed E-state index contributed by atoms with van der Waals surface area (Å²) in [5.41, 5.74) is 0.974. The maximum Gasteiger partial charge on any atom is 0.327 e. The first-order chi connectivity index (χ1) is 12.5. The fourth-order valence-electron chi connectivity index (χ4n) is 2.42. The minimum Gasteiger partial charge on any atom is -0.480 e. The Bertz CT molecular complexity index is 783. The summed E-state index contributed by atoms with van der Waals surface area (Å²) in [6.07, 6.45) is 0. The van der Waals surface area contributed by atoms with Gasteiger partial charge in [0.25, 0.3) is 0 Å². The minimum absolute atomic E-state index is 0.0412. The molecule has 0 aliphatic carbocycles. The summed E-state index contributed by atoms with van der Waals surface area (Å²) in [5, 5.41) is 11.6. The molecule has 0 saturated carbocycles. The summed E-state index contributed by atoms with van der Waals surface area (Å²) >= 11 is 3.20. The van der Waals surface area contributed by atoms with Crippen molar-refractivity contribution >= 4 is 33.2 Å². The van der Waals surface area contributed by atoms with Gasteiger partial charge < -0.3 is 14.4 Å². The Morgan fingerprint density at radius 3 is 2.50 bits per heavy atom. The van der Waals surface area contributed by atoms with Crippen LogP contribution in [0.4, 0.5) is 11.4 Å². The van der Waals surface area contributed by atoms with E-state index in [0.29, 0.717) is 12.3 Å². The van der Waals surface area contributed by atoms with Gasteiger partial charge in [0.1, 0.15) is 6.61 Å². The zero-order valence-corrected chi connectivity index (χ0v) is 16.1. The monoisotopic (exact) mass is 422 g/mol. The summed E-state index contributed by atoms with van der Waals surface area (Å²) in [5.74, 6) is -0.220. The van der Waals surface area contributed by atoms with E-state index in [2.05, 4.69) is 15.9 Å². The van der Waals surface area contributed by atoms with Crippen molar-refractivity contribution in [1.82, 2.24) is 0 Å². The number of halogens is 1. The molecular formula is C18H19BrN2O5. The SMILES string of the molecule is COCCN(C(C)=O)c1ccc(Br)c([N+](=O)[O-])c1OCc1ccccc1. The number of benzene rings is 2. The van der Waals surface area contributed by atoms with Crippen molar-refractivity contribution in [2.24, 2.45) is 0 Å². The Labute approximate surface area is 159 Å². The number of nitro benzene ring substituents is 1. The Kier molecular flexibility index (Phi) is 7.11. The van der Waals surface area contributed by atoms with Gasteiger partial charge in [-0.3, -0.25) is 14.9 Å². The van der Waals surface area contributed by atoms with Crippen LogP contribution in [0.5, 0.6) is 5.75 Å². The van der Waals surface area contributed by atoms with Crippen LogP contribution in [-0.4, -0.2) is 31.1 Å². The molecule has 1 amide bonds. The average molecular weight is 423 g/mol. The molecule has 0 saturated heterocycles. The number of carbonyl (C=O) groups excluding carboxylic acids is 1. The van der Waals surface area contributed by atoms with Gasteiger partial charge in [-0.05, 0) is 33.6 Å². The molecule has 0 aliphatic heterocycles. The highest BCUT2D eigenvalue weighted by Gasteiger charge is 2.28. The topological polar surface area (TPSA) is 81.9 Å². The normalized spacial score (nSPS) is 10.4. The molecular weight excluding hydrogens is 404 g/mol. The first kappa shape index (κ1) is 19.9. The van der Waals surface area contributed by atoms with Gasteiger partial charge in [0, 0.05) is 20.6 Å². The predicted molar refractivity (Wildman–Crippen MR) is 101 cm³/mol. The van der Waals surface area contributed by atoms with Crippen molar-refractivity contribution in [2.45, 2.75) is 13.5 Å². The van der Waals surface area contributed by atoms with Crippen LogP contribution in [0.1, 0.15) is 12.5 Å². The maximum atomic E-state index is 12.1. The fraction of sp³-hybridized carbons (Fsp3) is 0.278. The largest absolute Gasteiger partial charge is 0.480 e. The number of nitro groups is 1. The number of methoxy groups -OCH3 is 1. The van der Waals surface area contributed by atoms with E-state index in [4.69, 9.17) is 9.47 Å². The van der Waals surface area contributed by atoms with E-state index in [0.717, 1.165) is 5.56 Å². The molecule has 0 unspecified atom stereocenters. The van der Waals surface area contributed by atoms with Gasteiger partial charge in [-0.1, -0.05) is 30.3 Å². The predicted octanol–water partition coefficient (Wildman–Crippen LogP) is 3.94. The smallest absolute Gasteiger partial charge is 0.327 e. The van der Waals surface area contributed by atoms with E-state index >= 15 is 0 Å². The quantitative estimate of drug-likeness (QED) is 0.475. The highest BCUT2D eigenvalue weighted by Crippen LogP contribution is 2.43. The van der Waals surface area contributed by atoms with Gasteiger partial charge in [-0.15, -0.1) is 0 Å². The highest BCUT2D eigenvalue weighted by molar-refractivity contribution is 9.10. The van der Waals surface area contributed by atoms with E-state index < -0.39 is 4.92 Å². The number of carbonyl (C=O) groups is 1. The van der Waals surface area contributed by atoms with Gasteiger partial charge in [-0.25, -0.2) is 0 Å². The molecule has 0 radical (unpaired) electrons. The lowest BCUT2D eigenvalue weighted by molar-refractivity contribution is -0.386. The third-order valence-corrected chi connectivity index (χ3v) is 4.30. The molecule has 0 fully saturated rings. The molecule has 2 aromatic rings. The number of ether oxygens (including phenoxy) is 2. The van der Waals surface area contributed by atoms with Gasteiger partial charge in [0.2, 0.25) is 11.7 Å². The third-order valence-electron chi connectivity index (χ3n) is 3.66. The molecule has 0 spiro atoms. The van der Waals surface area contributed by atoms with Crippen molar-refractivity contribution in [3.8, 4) is 5.75 Å². The summed E-state index contributed by atoms with van der Waals surface area (Å²) in [7, 11) is 1.52. The molecule has 2 rings (SSSR count). The van der Waals surface area contributed by atoms with Crippen LogP contribution in [0.15, 0.2) is 46.9 Å². The lowest BCUT2D eigenvalue weighted by atomic mass is 10.2. The van der Waals surface area contributed by atoms with E-state index in [9.17, 15) is 14.9 Å². The lowest BCUT2D eigenvalue weighted by Crippen LogP contribution is -2.32. The standard InChI is InChI=1S/C18H19BrN2O5/c1-13(22)20(10-11-25-2)16-9-8-15(19)17(21(23)24)18(16)26-12-14-6-4-3-5-7-14/h3-9H,10-12H2,1-2H3. The number of amides is 1. The number of hydrogen-bond donors (Lipinski definition) is 0. The average Bonchev–Trinajstić information content (AvgIpc) is 2.61. The van der Waals surface area contributed by atoms with Crippen LogP contribution in [0.2, 0.25) is 0 Å². The van der Waals surface area contributed by atoms with Crippen molar-refractivity contribution < 1.29 is 19.2 Å². The number of nitrogens with zero attached hydrogens (tertiary/aromatic N) is 2. The van der Waals surface area contributed by atoms with Crippen molar-refractivity contribution in [2.75, 3.05) is 25.2 Å². The molecule has 2 aromatic carbocycles. The molecule has 8 heteroatoms. The van der Waals surface area contributed by atoms with Crippen LogP contribution in [0.25, 0.3) is 0 Å². The van der Waals surface area contributed by atoms with Gasteiger partial charge >= 0.3 is 5.69 Å². The molecule has 0 heterocycles. The summed E-state index contributed by atoms with van der Waals surface area (Å²) in [4.78, 5) is 24.5. The number of hydrogen-bond acceptors (Lipinski definition) is 5. The fourth-order valence-corrected chi connectivity index (χ4v) is 2.88. The summed E-state index contributed by atoms with van der Waals surface area (Å²) < 4.78 is 11.1. The molecule has 7 nitrogen and oxygen atoms in total. The van der Waals surface area contributed by atoms with E-state index in [1.807, 2.05) is 30.3 Å². The van der Waals surface area contributed by atoms with E-state index in [-0.39, 0.29) is 35.0 Å². The number of rotatable bonds is 8. The molecule has 138 valence electrons. The highest BCUT2D eigenvalue weighted by atomic mass is 79.9. The Morgan fingerprint density at radius 2 is 1.92 bits per heavy atom. The molecule has 0 aliphatic rings. The molecule has 0 aromatic heterocycles. The van der Waals surface area contributed by atoms with Crippen LogP contribution < -0.4 is 9.64 Å². The van der Waals surface area contributed by atoms with Crippen LogP contribution in [0, 0.1) is 10.1 Å². The van der Waals surface area contributed by atoms with Crippen molar-refractivity contribution in [3.05, 3.63) is 62.6 Å². The van der Waals surface area contributed by atoms with Crippen LogP contribution in [0.3, 0.4) is 0 Å². The maximum absolute atomic E-state index is 12.1. The molecule has 0 N–H and O–H groups in total. The Hall–Kier alpha value is -2.45. The minimum atomic E-state index is -0.525. The Balaban J connectivity index is 2.47. The Morgan fingerprint density at radius 1 is 1.23 bits per heavy atom. The zero-order chi connectivity index (χ0) is 19.1. The first-order valence-corrected chi connectivity index (χ1v) is 8.65. The van der Waals surface area contributed by atoms with Crippen molar-refractivity contribution in [1.29, 1.82) is 0 Å². The van der Waals surface area contributed by atoms with Crippen LogP contribution >= 0.6 is 15.9 Å². The van der Waals surface area contributed by atoms with Gasteiger partial charge in [-0.2, -0.15) is 0 Å². The van der Waals surface area contributed by atoms with Crippen LogP contribution in [-0.2, 0) is 16.1 Å². The summed E-state index contributed by atoms with van der Waals surface area (Å²) in [6.45, 7) is 2.08. The zero-order valence-electron chi connectivity index (χ0n) is 14.5. The third kappa shape index (κ3) is 4.80. The second kappa shape index (κ2) is 9.30. The molecule has 0 bridgehead atoms. The summed E-state index contributed by atoms with van der Waals surface area (Å²) in [6, 6.07) is 12.5. The molecule has 0 atom stereocenters.